The Morgan fingerprint density at radius 2 is 2.12 bits per heavy atom. The van der Waals surface area contributed by atoms with Gasteiger partial charge in [-0.2, -0.15) is 9.61 Å². The summed E-state index contributed by atoms with van der Waals surface area (Å²) < 4.78 is 19.9. The van der Waals surface area contributed by atoms with Gasteiger partial charge >= 0.3 is 0 Å². The van der Waals surface area contributed by atoms with E-state index in [-0.39, 0.29) is 28.9 Å². The van der Waals surface area contributed by atoms with Gasteiger partial charge in [-0.25, -0.2) is 9.37 Å². The van der Waals surface area contributed by atoms with E-state index in [0.717, 1.165) is 39.3 Å². The molecular weight excluding hydrogens is 437 g/mol. The first-order valence-electron chi connectivity index (χ1n) is 10.5. The lowest BCUT2D eigenvalue weighted by molar-refractivity contribution is 0.0374. The van der Waals surface area contributed by atoms with Crippen LogP contribution in [-0.2, 0) is 11.2 Å². The van der Waals surface area contributed by atoms with E-state index in [0.29, 0.717) is 28.9 Å². The van der Waals surface area contributed by atoms with Gasteiger partial charge in [-0.3, -0.25) is 9.69 Å². The van der Waals surface area contributed by atoms with Crippen molar-refractivity contribution in [2.75, 3.05) is 39.4 Å². The number of halogens is 2. The van der Waals surface area contributed by atoms with E-state index in [1.807, 2.05) is 0 Å². The van der Waals surface area contributed by atoms with Gasteiger partial charge in [-0.15, -0.1) is 0 Å². The minimum Gasteiger partial charge on any atom is -0.493 e. The van der Waals surface area contributed by atoms with Crippen LogP contribution in [0.25, 0.3) is 5.65 Å². The smallest absolute Gasteiger partial charge is 0.256 e. The molecular formula is C22H25ClFN5O3. The van der Waals surface area contributed by atoms with E-state index in [1.165, 1.54) is 22.8 Å². The Balaban J connectivity index is 1.46. The fourth-order valence-corrected chi connectivity index (χ4v) is 4.00. The number of carbonyl (C=O) groups excluding carboxylic acids is 1. The third-order valence-electron chi connectivity index (χ3n) is 5.59. The van der Waals surface area contributed by atoms with Crippen LogP contribution < -0.4 is 5.32 Å². The molecule has 0 saturated carbocycles. The van der Waals surface area contributed by atoms with Crippen LogP contribution in [0.4, 0.5) is 4.39 Å². The van der Waals surface area contributed by atoms with Gasteiger partial charge in [0.05, 0.1) is 19.4 Å². The van der Waals surface area contributed by atoms with Crippen molar-refractivity contribution in [3.8, 4) is 5.88 Å². The molecule has 0 spiro atoms. The number of hydrogen-bond acceptors (Lipinski definition) is 6. The van der Waals surface area contributed by atoms with Crippen molar-refractivity contribution in [2.45, 2.75) is 19.8 Å². The van der Waals surface area contributed by atoms with Crippen molar-refractivity contribution in [3.05, 3.63) is 57.6 Å². The summed E-state index contributed by atoms with van der Waals surface area (Å²) in [4.78, 5) is 19.5. The van der Waals surface area contributed by atoms with Crippen LogP contribution in [0, 0.1) is 12.7 Å². The molecule has 0 aliphatic carbocycles. The number of aromatic nitrogens is 3. The molecule has 170 valence electrons. The van der Waals surface area contributed by atoms with Gasteiger partial charge in [-0.1, -0.05) is 17.7 Å². The van der Waals surface area contributed by atoms with Gasteiger partial charge < -0.3 is 15.2 Å². The van der Waals surface area contributed by atoms with E-state index in [2.05, 4.69) is 20.3 Å². The highest BCUT2D eigenvalue weighted by Crippen LogP contribution is 2.28. The monoisotopic (exact) mass is 461 g/mol. The van der Waals surface area contributed by atoms with Gasteiger partial charge in [0.2, 0.25) is 5.88 Å². The second-order valence-electron chi connectivity index (χ2n) is 7.77. The third kappa shape index (κ3) is 4.85. The molecule has 2 N–H and O–H groups in total. The molecule has 10 heteroatoms. The largest absolute Gasteiger partial charge is 0.493 e. The van der Waals surface area contributed by atoms with Crippen molar-refractivity contribution in [1.29, 1.82) is 0 Å². The molecule has 0 unspecified atom stereocenters. The summed E-state index contributed by atoms with van der Waals surface area (Å²) in [6.45, 7) is 6.48. The Morgan fingerprint density at radius 3 is 2.88 bits per heavy atom. The number of amides is 1. The molecule has 0 radical (unpaired) electrons. The Hall–Kier alpha value is -2.75. The molecule has 1 aromatic carbocycles. The summed E-state index contributed by atoms with van der Waals surface area (Å²) in [5, 5.41) is 18.1. The minimum absolute atomic E-state index is 0.126. The van der Waals surface area contributed by atoms with Gasteiger partial charge in [0.1, 0.15) is 11.4 Å². The van der Waals surface area contributed by atoms with Crippen LogP contribution in [0.5, 0.6) is 5.88 Å². The Morgan fingerprint density at radius 1 is 1.34 bits per heavy atom. The zero-order chi connectivity index (χ0) is 22.7. The van der Waals surface area contributed by atoms with Crippen LogP contribution in [0.2, 0.25) is 5.02 Å². The topological polar surface area (TPSA) is 92.0 Å². The van der Waals surface area contributed by atoms with Crippen molar-refractivity contribution in [2.24, 2.45) is 0 Å². The third-order valence-corrected chi connectivity index (χ3v) is 5.94. The highest BCUT2D eigenvalue weighted by Gasteiger charge is 2.20. The molecule has 1 amide bonds. The van der Waals surface area contributed by atoms with Crippen molar-refractivity contribution in [1.82, 2.24) is 24.8 Å². The maximum Gasteiger partial charge on any atom is 0.256 e. The van der Waals surface area contributed by atoms with Crippen molar-refractivity contribution in [3.63, 3.8) is 0 Å². The summed E-state index contributed by atoms with van der Waals surface area (Å²) in [6.07, 6.45) is 2.47. The summed E-state index contributed by atoms with van der Waals surface area (Å²) in [6, 6.07) is 4.11. The zero-order valence-electron chi connectivity index (χ0n) is 17.8. The maximum atomic E-state index is 13.3. The first-order valence-corrected chi connectivity index (χ1v) is 10.9. The molecule has 3 heterocycles. The predicted octanol–water partition coefficient (Wildman–Crippen LogP) is 2.58. The first kappa shape index (κ1) is 22.4. The number of benzene rings is 1. The fourth-order valence-electron chi connectivity index (χ4n) is 3.77. The normalized spacial score (nSPS) is 14.7. The molecule has 1 fully saturated rings. The number of nitrogens with zero attached hydrogens (tertiary/aromatic N) is 4. The molecule has 3 aromatic rings. The van der Waals surface area contributed by atoms with Gasteiger partial charge in [0.15, 0.2) is 5.65 Å². The predicted molar refractivity (Wildman–Crippen MR) is 118 cm³/mol. The summed E-state index contributed by atoms with van der Waals surface area (Å²) in [5.74, 6) is -0.845. The molecule has 1 saturated heterocycles. The number of nitrogens with one attached hydrogen (secondary N) is 1. The molecule has 0 atom stereocenters. The van der Waals surface area contributed by atoms with Crippen LogP contribution in [0.15, 0.2) is 24.4 Å². The number of fused-ring (bicyclic) bond motifs is 1. The lowest BCUT2D eigenvalue weighted by Crippen LogP contribution is -2.38. The Kier molecular flexibility index (Phi) is 6.88. The quantitative estimate of drug-likeness (QED) is 0.525. The molecule has 32 heavy (non-hydrogen) atoms. The lowest BCUT2D eigenvalue weighted by atomic mass is 10.0. The van der Waals surface area contributed by atoms with Crippen molar-refractivity contribution < 1.29 is 19.0 Å². The lowest BCUT2D eigenvalue weighted by Gasteiger charge is -2.26. The maximum absolute atomic E-state index is 13.3. The first-order chi connectivity index (χ1) is 15.4. The zero-order valence-corrected chi connectivity index (χ0v) is 18.5. The molecule has 8 nitrogen and oxygen atoms in total. The molecule has 1 aliphatic heterocycles. The number of hydrogen-bond donors (Lipinski definition) is 2. The van der Waals surface area contributed by atoms with Gasteiger partial charge in [0.25, 0.3) is 5.91 Å². The van der Waals surface area contributed by atoms with E-state index >= 15 is 0 Å². The number of aryl methyl sites for hydroxylation is 1. The van der Waals surface area contributed by atoms with E-state index < -0.39 is 5.82 Å². The molecule has 2 aromatic heterocycles. The summed E-state index contributed by atoms with van der Waals surface area (Å²) >= 11 is 6.13. The van der Waals surface area contributed by atoms with Gasteiger partial charge in [-0.05, 0) is 37.6 Å². The number of carbonyl (C=O) groups is 1. The standard InChI is InChI=1S/C22H25ClFN5O3/c1-14-17(11-15-3-4-16(24)12-19(15)23)22(31)29-20(27-14)18(13-26-29)21(30)25-5-2-6-28-7-9-32-10-8-28/h3-4,12-13,31H,2,5-11H2,1H3,(H,25,30). The van der Waals surface area contributed by atoms with Crippen LogP contribution >= 0.6 is 11.6 Å². The second kappa shape index (κ2) is 9.81. The van der Waals surface area contributed by atoms with E-state index in [4.69, 9.17) is 16.3 Å². The highest BCUT2D eigenvalue weighted by molar-refractivity contribution is 6.31. The Labute approximate surface area is 190 Å². The average Bonchev–Trinajstić information content (AvgIpc) is 3.20. The van der Waals surface area contributed by atoms with Crippen LogP contribution in [-0.4, -0.2) is 69.9 Å². The SMILES string of the molecule is Cc1nc2c(C(=O)NCCCN3CCOCC3)cnn2c(O)c1Cc1ccc(F)cc1Cl. The van der Waals surface area contributed by atoms with E-state index in [1.54, 1.807) is 13.0 Å². The highest BCUT2D eigenvalue weighted by atomic mass is 35.5. The Bertz CT molecular complexity index is 1130. The molecule has 0 bridgehead atoms. The number of aromatic hydroxyl groups is 1. The number of morpholine rings is 1. The van der Waals surface area contributed by atoms with Crippen LogP contribution in [0.3, 0.4) is 0 Å². The van der Waals surface area contributed by atoms with Gasteiger partial charge in [0, 0.05) is 42.3 Å². The van der Waals surface area contributed by atoms with Crippen molar-refractivity contribution >= 4 is 23.2 Å². The molecule has 4 rings (SSSR count). The fraction of sp³-hybridized carbons (Fsp3) is 0.409. The number of rotatable bonds is 7. The van der Waals surface area contributed by atoms with E-state index in [9.17, 15) is 14.3 Å². The summed E-state index contributed by atoms with van der Waals surface area (Å²) in [5.41, 5.74) is 2.27. The second-order valence-corrected chi connectivity index (χ2v) is 8.18. The van der Waals surface area contributed by atoms with Crippen LogP contribution in [0.1, 0.15) is 33.6 Å². The summed E-state index contributed by atoms with van der Waals surface area (Å²) in [7, 11) is 0. The average molecular weight is 462 g/mol. The number of ether oxygens (including phenoxy) is 1. The minimum atomic E-state index is -0.430. The molecule has 1 aliphatic rings.